The zero-order chi connectivity index (χ0) is 15.8. The Morgan fingerprint density at radius 1 is 1.29 bits per heavy atom. The molecule has 114 valence electrons. The molecule has 1 amide bonds. The first-order chi connectivity index (χ1) is 10.1. The average Bonchev–Trinajstić information content (AvgIpc) is 2.50. The summed E-state index contributed by atoms with van der Waals surface area (Å²) in [6.07, 6.45) is 2.36. The van der Waals surface area contributed by atoms with E-state index in [1.165, 1.54) is 0 Å². The number of hydrogen-bond donors (Lipinski definition) is 1. The highest BCUT2D eigenvalue weighted by molar-refractivity contribution is 5.81. The van der Waals surface area contributed by atoms with Gasteiger partial charge in [0.05, 0.1) is 12.2 Å². The number of carbonyl (C=O) groups excluding carboxylic acids is 1. The molecule has 0 aliphatic carbocycles. The molecule has 0 spiro atoms. The number of carbonyl (C=O) groups is 1. The number of nitrogens with one attached hydrogen (secondary N) is 1. The van der Waals surface area contributed by atoms with Gasteiger partial charge in [0.1, 0.15) is 11.6 Å². The number of hydrogen-bond acceptors (Lipinski definition) is 5. The molecule has 0 fully saturated rings. The molecule has 0 unspecified atom stereocenters. The maximum Gasteiger partial charge on any atom is 0.239 e. The third-order valence-electron chi connectivity index (χ3n) is 3.25. The lowest BCUT2D eigenvalue weighted by atomic mass is 10.0. The molecule has 1 rings (SSSR count). The van der Waals surface area contributed by atoms with Crippen molar-refractivity contribution in [3.05, 3.63) is 16.8 Å². The van der Waals surface area contributed by atoms with Gasteiger partial charge in [-0.2, -0.15) is 10.4 Å². The molecule has 0 saturated carbocycles. The van der Waals surface area contributed by atoms with Crippen molar-refractivity contribution in [2.75, 3.05) is 25.0 Å². The third-order valence-corrected chi connectivity index (χ3v) is 3.25. The largest absolute Gasteiger partial charge is 0.355 e. The Morgan fingerprint density at radius 2 is 2.00 bits per heavy atom. The molecule has 1 N–H and O–H groups in total. The number of aryl methyl sites for hydroxylation is 1. The molecule has 1 aromatic heterocycles. The van der Waals surface area contributed by atoms with E-state index in [1.807, 2.05) is 20.8 Å². The summed E-state index contributed by atoms with van der Waals surface area (Å²) in [5.41, 5.74) is 2.29. The van der Waals surface area contributed by atoms with Crippen LogP contribution in [0.1, 0.15) is 44.0 Å². The summed E-state index contributed by atoms with van der Waals surface area (Å²) >= 11 is 0. The van der Waals surface area contributed by atoms with Crippen LogP contribution < -0.4 is 10.2 Å². The van der Waals surface area contributed by atoms with Crippen LogP contribution in [-0.4, -0.2) is 36.2 Å². The lowest BCUT2D eigenvalue weighted by molar-refractivity contribution is -0.119. The number of aromatic nitrogens is 2. The minimum atomic E-state index is -0.0809. The summed E-state index contributed by atoms with van der Waals surface area (Å²) < 4.78 is 0. The third kappa shape index (κ3) is 4.15. The minimum Gasteiger partial charge on any atom is -0.355 e. The van der Waals surface area contributed by atoms with Crippen molar-refractivity contribution in [2.24, 2.45) is 0 Å². The number of nitrogens with zero attached hydrogens (tertiary/aromatic N) is 4. The molecule has 0 aliphatic rings. The van der Waals surface area contributed by atoms with E-state index < -0.39 is 0 Å². The monoisotopic (exact) mass is 289 g/mol. The topological polar surface area (TPSA) is 81.9 Å². The molecule has 0 saturated heterocycles. The van der Waals surface area contributed by atoms with Crippen molar-refractivity contribution in [1.82, 2.24) is 15.5 Å². The van der Waals surface area contributed by atoms with Crippen LogP contribution in [0.15, 0.2) is 0 Å². The van der Waals surface area contributed by atoms with Crippen molar-refractivity contribution in [2.45, 2.75) is 40.0 Å². The Hall–Kier alpha value is -2.16. The zero-order valence-corrected chi connectivity index (χ0v) is 13.2. The minimum absolute atomic E-state index is 0.0809. The molecular formula is C15H23N5O. The summed E-state index contributed by atoms with van der Waals surface area (Å²) in [7, 11) is 1.75. The molecule has 1 aromatic rings. The van der Waals surface area contributed by atoms with E-state index >= 15 is 0 Å². The van der Waals surface area contributed by atoms with Crippen LogP contribution >= 0.6 is 0 Å². The van der Waals surface area contributed by atoms with E-state index in [0.29, 0.717) is 17.9 Å². The summed E-state index contributed by atoms with van der Waals surface area (Å²) in [6, 6.07) is 2.21. The fourth-order valence-corrected chi connectivity index (χ4v) is 2.16. The van der Waals surface area contributed by atoms with Crippen LogP contribution in [0.3, 0.4) is 0 Å². The normalized spacial score (nSPS) is 10.0. The highest BCUT2D eigenvalue weighted by Crippen LogP contribution is 2.22. The lowest BCUT2D eigenvalue weighted by Crippen LogP contribution is -2.36. The maximum absolute atomic E-state index is 11.8. The lowest BCUT2D eigenvalue weighted by Gasteiger charge is -2.20. The first-order valence-corrected chi connectivity index (χ1v) is 7.35. The van der Waals surface area contributed by atoms with E-state index in [9.17, 15) is 10.1 Å². The van der Waals surface area contributed by atoms with Crippen LogP contribution in [0.2, 0.25) is 0 Å². The summed E-state index contributed by atoms with van der Waals surface area (Å²) in [6.45, 7) is 6.80. The first-order valence-electron chi connectivity index (χ1n) is 7.35. The summed E-state index contributed by atoms with van der Waals surface area (Å²) in [5.74, 6) is 0.390. The Bertz CT molecular complexity index is 536. The van der Waals surface area contributed by atoms with E-state index in [-0.39, 0.29) is 12.5 Å². The fourth-order valence-electron chi connectivity index (χ4n) is 2.16. The number of rotatable bonds is 7. The van der Waals surface area contributed by atoms with Gasteiger partial charge < -0.3 is 10.2 Å². The second kappa shape index (κ2) is 8.20. The van der Waals surface area contributed by atoms with Gasteiger partial charge in [0.15, 0.2) is 5.82 Å². The van der Waals surface area contributed by atoms with E-state index in [4.69, 9.17) is 0 Å². The van der Waals surface area contributed by atoms with Gasteiger partial charge in [-0.15, -0.1) is 5.10 Å². The van der Waals surface area contributed by atoms with Crippen LogP contribution in [0.4, 0.5) is 5.82 Å². The predicted octanol–water partition coefficient (Wildman–Crippen LogP) is 1.44. The smallest absolute Gasteiger partial charge is 0.239 e. The van der Waals surface area contributed by atoms with Gasteiger partial charge in [0, 0.05) is 13.6 Å². The van der Waals surface area contributed by atoms with Gasteiger partial charge in [-0.1, -0.05) is 20.8 Å². The maximum atomic E-state index is 11.8. The standard InChI is InChI=1S/C15H23N5O/c1-5-8-17-14(21)10-20(4)15-12(9-16)11(6-2)13(7-3)18-19-15/h5-8,10H2,1-4H3,(H,17,21). The SMILES string of the molecule is CCCNC(=O)CN(C)c1nnc(CC)c(CC)c1C#N. The van der Waals surface area contributed by atoms with E-state index in [1.54, 1.807) is 11.9 Å². The van der Waals surface area contributed by atoms with Crippen molar-refractivity contribution >= 4 is 11.7 Å². The number of likely N-dealkylation sites (N-methyl/N-ethyl adjacent to an activating group) is 1. The molecule has 1 heterocycles. The molecular weight excluding hydrogens is 266 g/mol. The van der Waals surface area contributed by atoms with Gasteiger partial charge in [-0.25, -0.2) is 0 Å². The number of anilines is 1. The molecule has 0 bridgehead atoms. The average molecular weight is 289 g/mol. The quantitative estimate of drug-likeness (QED) is 0.821. The molecule has 21 heavy (non-hydrogen) atoms. The molecule has 6 nitrogen and oxygen atoms in total. The fraction of sp³-hybridized carbons (Fsp3) is 0.600. The van der Waals surface area contributed by atoms with Crippen molar-refractivity contribution in [3.63, 3.8) is 0 Å². The second-order valence-corrected chi connectivity index (χ2v) is 4.85. The highest BCUT2D eigenvalue weighted by Gasteiger charge is 2.18. The van der Waals surface area contributed by atoms with E-state index in [2.05, 4.69) is 21.6 Å². The Balaban J connectivity index is 3.02. The number of nitriles is 1. The van der Waals surface area contributed by atoms with Crippen molar-refractivity contribution in [3.8, 4) is 6.07 Å². The molecule has 0 atom stereocenters. The highest BCUT2D eigenvalue weighted by atomic mass is 16.2. The molecule has 6 heteroatoms. The van der Waals surface area contributed by atoms with Crippen LogP contribution in [0, 0.1) is 11.3 Å². The van der Waals surface area contributed by atoms with Gasteiger partial charge in [-0.05, 0) is 24.8 Å². The Kier molecular flexibility index (Phi) is 6.60. The van der Waals surface area contributed by atoms with Gasteiger partial charge >= 0.3 is 0 Å². The zero-order valence-electron chi connectivity index (χ0n) is 13.2. The summed E-state index contributed by atoms with van der Waals surface area (Å²) in [5, 5.41) is 20.6. The summed E-state index contributed by atoms with van der Waals surface area (Å²) in [4.78, 5) is 13.5. The van der Waals surface area contributed by atoms with Crippen molar-refractivity contribution in [1.29, 1.82) is 5.26 Å². The molecule has 0 radical (unpaired) electrons. The molecule has 0 aliphatic heterocycles. The van der Waals surface area contributed by atoms with Gasteiger partial charge in [0.2, 0.25) is 5.91 Å². The predicted molar refractivity (Wildman–Crippen MR) is 82.1 cm³/mol. The van der Waals surface area contributed by atoms with Crippen molar-refractivity contribution < 1.29 is 4.79 Å². The number of amides is 1. The Morgan fingerprint density at radius 3 is 2.52 bits per heavy atom. The van der Waals surface area contributed by atoms with Gasteiger partial charge in [0.25, 0.3) is 0 Å². The van der Waals surface area contributed by atoms with Crippen LogP contribution in [-0.2, 0) is 17.6 Å². The first kappa shape index (κ1) is 16.9. The Labute approximate surface area is 126 Å². The van der Waals surface area contributed by atoms with E-state index in [0.717, 1.165) is 30.5 Å². The van der Waals surface area contributed by atoms with Gasteiger partial charge in [-0.3, -0.25) is 4.79 Å². The van der Waals surface area contributed by atoms with Crippen LogP contribution in [0.5, 0.6) is 0 Å². The molecule has 0 aromatic carbocycles. The second-order valence-electron chi connectivity index (χ2n) is 4.85. The van der Waals surface area contributed by atoms with Crippen LogP contribution in [0.25, 0.3) is 0 Å².